The lowest BCUT2D eigenvalue weighted by Crippen LogP contribution is -2.43. The summed E-state index contributed by atoms with van der Waals surface area (Å²) in [4.78, 5) is 36.9. The van der Waals surface area contributed by atoms with Gasteiger partial charge in [0.15, 0.2) is 5.41 Å². The van der Waals surface area contributed by atoms with Crippen molar-refractivity contribution in [3.8, 4) is 0 Å². The van der Waals surface area contributed by atoms with Crippen LogP contribution in [0.5, 0.6) is 0 Å². The third kappa shape index (κ3) is 2.89. The first-order valence-corrected chi connectivity index (χ1v) is 6.72. The van der Waals surface area contributed by atoms with Crippen LogP contribution in [0.1, 0.15) is 18.9 Å². The Hall–Kier alpha value is -2.37. The molecule has 1 amide bonds. The van der Waals surface area contributed by atoms with Gasteiger partial charge in [-0.05, 0) is 12.5 Å². The van der Waals surface area contributed by atoms with Crippen molar-refractivity contribution in [2.24, 2.45) is 5.41 Å². The van der Waals surface area contributed by atoms with Gasteiger partial charge in [-0.2, -0.15) is 0 Å². The molecule has 0 aliphatic carbocycles. The van der Waals surface area contributed by atoms with Crippen LogP contribution in [0, 0.1) is 5.41 Å². The molecule has 2 rings (SSSR count). The molecule has 0 aromatic heterocycles. The lowest BCUT2D eigenvalue weighted by Gasteiger charge is -2.22. The Labute approximate surface area is 122 Å². The third-order valence-electron chi connectivity index (χ3n) is 3.56. The van der Waals surface area contributed by atoms with Crippen LogP contribution in [-0.4, -0.2) is 41.0 Å². The van der Waals surface area contributed by atoms with Crippen LogP contribution in [0.15, 0.2) is 30.3 Å². The van der Waals surface area contributed by atoms with E-state index < -0.39 is 17.4 Å². The topological polar surface area (TPSA) is 83.9 Å². The van der Waals surface area contributed by atoms with Crippen molar-refractivity contribution in [1.82, 2.24) is 4.90 Å². The molecule has 1 N–H and O–H groups in total. The number of esters is 1. The number of rotatable bonds is 5. The number of nitrogens with zero attached hydrogens (tertiary/aromatic N) is 1. The summed E-state index contributed by atoms with van der Waals surface area (Å²) in [6.45, 7) is 1.82. The fourth-order valence-electron chi connectivity index (χ4n) is 2.42. The van der Waals surface area contributed by atoms with E-state index in [1.54, 1.807) is 6.92 Å². The zero-order valence-corrected chi connectivity index (χ0v) is 11.7. The molecule has 21 heavy (non-hydrogen) atoms. The molecule has 0 bridgehead atoms. The number of aliphatic carboxylic acids is 1. The molecule has 1 aromatic rings. The maximum atomic E-state index is 12.1. The van der Waals surface area contributed by atoms with Gasteiger partial charge in [0.25, 0.3) is 0 Å². The van der Waals surface area contributed by atoms with Gasteiger partial charge in [-0.3, -0.25) is 14.4 Å². The minimum absolute atomic E-state index is 0.0841. The van der Waals surface area contributed by atoms with E-state index in [0.29, 0.717) is 0 Å². The highest BCUT2D eigenvalue weighted by molar-refractivity contribution is 6.05. The molecule has 1 aromatic carbocycles. The van der Waals surface area contributed by atoms with Crippen LogP contribution in [0.4, 0.5) is 0 Å². The summed E-state index contributed by atoms with van der Waals surface area (Å²) in [5.74, 6) is -2.51. The molecule has 112 valence electrons. The molecular formula is C15H17NO5. The van der Waals surface area contributed by atoms with Gasteiger partial charge < -0.3 is 14.7 Å². The number of hydrogen-bond donors (Lipinski definition) is 1. The number of benzene rings is 1. The van der Waals surface area contributed by atoms with Gasteiger partial charge in [0.2, 0.25) is 5.91 Å². The standard InChI is InChI=1S/C15H17NO5/c1-2-21-14(20)15(13(18)19)8-12(17)16(10-15)9-11-6-4-3-5-7-11/h3-7H,2,8-10H2,1H3,(H,18,19). The number of carboxylic acid groups (broad SMARTS) is 1. The quantitative estimate of drug-likeness (QED) is 0.647. The Morgan fingerprint density at radius 1 is 1.33 bits per heavy atom. The predicted octanol–water partition coefficient (Wildman–Crippen LogP) is 1.05. The van der Waals surface area contributed by atoms with Gasteiger partial charge in [-0.15, -0.1) is 0 Å². The summed E-state index contributed by atoms with van der Waals surface area (Å²) in [5, 5.41) is 9.38. The zero-order chi connectivity index (χ0) is 15.5. The smallest absolute Gasteiger partial charge is 0.325 e. The highest BCUT2D eigenvalue weighted by Crippen LogP contribution is 2.34. The number of likely N-dealkylation sites (tertiary alicyclic amines) is 1. The second-order valence-electron chi connectivity index (χ2n) is 5.02. The molecule has 1 unspecified atom stereocenters. The Balaban J connectivity index is 2.19. The summed E-state index contributed by atoms with van der Waals surface area (Å²) in [5.41, 5.74) is -0.905. The molecular weight excluding hydrogens is 274 g/mol. The molecule has 0 radical (unpaired) electrons. The Bertz CT molecular complexity index is 556. The Kier molecular flexibility index (Phi) is 4.26. The number of amides is 1. The predicted molar refractivity (Wildman–Crippen MR) is 73.2 cm³/mol. The summed E-state index contributed by atoms with van der Waals surface area (Å²) in [6, 6.07) is 9.23. The molecule has 0 spiro atoms. The highest BCUT2D eigenvalue weighted by atomic mass is 16.5. The molecule has 1 saturated heterocycles. The lowest BCUT2D eigenvalue weighted by molar-refractivity contribution is -0.167. The monoisotopic (exact) mass is 291 g/mol. The number of carbonyl (C=O) groups excluding carboxylic acids is 2. The van der Waals surface area contributed by atoms with Gasteiger partial charge in [-0.25, -0.2) is 0 Å². The molecule has 1 atom stereocenters. The first-order valence-electron chi connectivity index (χ1n) is 6.72. The van der Waals surface area contributed by atoms with Gasteiger partial charge >= 0.3 is 11.9 Å². The molecule has 6 heteroatoms. The van der Waals surface area contributed by atoms with Crippen molar-refractivity contribution in [2.45, 2.75) is 19.9 Å². The number of ether oxygens (including phenoxy) is 1. The van der Waals surface area contributed by atoms with Gasteiger partial charge in [0.05, 0.1) is 13.0 Å². The van der Waals surface area contributed by atoms with Crippen molar-refractivity contribution in [3.63, 3.8) is 0 Å². The van der Waals surface area contributed by atoms with Gasteiger partial charge in [-0.1, -0.05) is 30.3 Å². The molecule has 1 heterocycles. The molecule has 6 nitrogen and oxygen atoms in total. The molecule has 0 saturated carbocycles. The maximum Gasteiger partial charge on any atom is 0.325 e. The van der Waals surface area contributed by atoms with E-state index in [4.69, 9.17) is 4.74 Å². The largest absolute Gasteiger partial charge is 0.480 e. The minimum atomic E-state index is -1.79. The van der Waals surface area contributed by atoms with E-state index >= 15 is 0 Å². The van der Waals surface area contributed by atoms with Crippen LogP contribution in [0.25, 0.3) is 0 Å². The second-order valence-corrected chi connectivity index (χ2v) is 5.02. The Morgan fingerprint density at radius 3 is 2.57 bits per heavy atom. The summed E-state index contributed by atoms with van der Waals surface area (Å²) < 4.78 is 4.84. The zero-order valence-electron chi connectivity index (χ0n) is 11.7. The third-order valence-corrected chi connectivity index (χ3v) is 3.56. The van der Waals surface area contributed by atoms with E-state index in [-0.39, 0.29) is 32.0 Å². The normalized spacial score (nSPS) is 21.4. The maximum absolute atomic E-state index is 12.1. The van der Waals surface area contributed by atoms with Gasteiger partial charge in [0, 0.05) is 13.1 Å². The van der Waals surface area contributed by atoms with E-state index in [0.717, 1.165) is 5.56 Å². The Morgan fingerprint density at radius 2 is 2.00 bits per heavy atom. The summed E-state index contributed by atoms with van der Waals surface area (Å²) in [6.07, 6.45) is -0.353. The van der Waals surface area contributed by atoms with Crippen molar-refractivity contribution in [3.05, 3.63) is 35.9 Å². The SMILES string of the molecule is CCOC(=O)C1(C(=O)O)CC(=O)N(Cc2ccccc2)C1. The lowest BCUT2D eigenvalue weighted by atomic mass is 9.87. The average Bonchev–Trinajstić information content (AvgIpc) is 2.79. The number of hydrogen-bond acceptors (Lipinski definition) is 4. The van der Waals surface area contributed by atoms with Crippen LogP contribution in [0.2, 0.25) is 0 Å². The highest BCUT2D eigenvalue weighted by Gasteiger charge is 2.56. The summed E-state index contributed by atoms with van der Waals surface area (Å²) >= 11 is 0. The van der Waals surface area contributed by atoms with Gasteiger partial charge in [0.1, 0.15) is 0 Å². The molecule has 1 aliphatic heterocycles. The van der Waals surface area contributed by atoms with Crippen LogP contribution >= 0.6 is 0 Å². The molecule has 1 aliphatic rings. The number of carbonyl (C=O) groups is 3. The fourth-order valence-corrected chi connectivity index (χ4v) is 2.42. The molecule has 1 fully saturated rings. The van der Waals surface area contributed by atoms with E-state index in [2.05, 4.69) is 0 Å². The first kappa shape index (κ1) is 15.0. The van der Waals surface area contributed by atoms with Crippen LogP contribution in [0.3, 0.4) is 0 Å². The van der Waals surface area contributed by atoms with Crippen molar-refractivity contribution < 1.29 is 24.2 Å². The van der Waals surface area contributed by atoms with E-state index in [1.165, 1.54) is 4.90 Å². The average molecular weight is 291 g/mol. The van der Waals surface area contributed by atoms with Crippen molar-refractivity contribution >= 4 is 17.8 Å². The van der Waals surface area contributed by atoms with Crippen molar-refractivity contribution in [1.29, 1.82) is 0 Å². The van der Waals surface area contributed by atoms with E-state index in [9.17, 15) is 19.5 Å². The fraction of sp³-hybridized carbons (Fsp3) is 0.400. The number of carboxylic acids is 1. The summed E-state index contributed by atoms with van der Waals surface area (Å²) in [7, 11) is 0. The first-order chi connectivity index (χ1) is 9.99. The van der Waals surface area contributed by atoms with Crippen molar-refractivity contribution in [2.75, 3.05) is 13.2 Å². The van der Waals surface area contributed by atoms with Crippen LogP contribution in [-0.2, 0) is 25.7 Å². The minimum Gasteiger partial charge on any atom is -0.480 e. The van der Waals surface area contributed by atoms with Crippen LogP contribution < -0.4 is 0 Å². The second kappa shape index (κ2) is 5.95. The van der Waals surface area contributed by atoms with E-state index in [1.807, 2.05) is 30.3 Å².